The quantitative estimate of drug-likeness (QED) is 0.712. The highest BCUT2D eigenvalue weighted by Crippen LogP contribution is 2.20. The van der Waals surface area contributed by atoms with E-state index in [-0.39, 0.29) is 0 Å². The van der Waals surface area contributed by atoms with Crippen molar-refractivity contribution < 1.29 is 4.74 Å². The summed E-state index contributed by atoms with van der Waals surface area (Å²) in [5.74, 6) is 0. The van der Waals surface area contributed by atoms with Gasteiger partial charge in [-0.25, -0.2) is 0 Å². The van der Waals surface area contributed by atoms with E-state index in [1.54, 1.807) is 0 Å². The Morgan fingerprint density at radius 3 is 2.23 bits per heavy atom. The molecule has 1 fully saturated rings. The van der Waals surface area contributed by atoms with E-state index in [4.69, 9.17) is 4.74 Å². The molecule has 0 aromatic heterocycles. The first-order valence-electron chi connectivity index (χ1n) is 5.34. The average Bonchev–Trinajstić information content (AvgIpc) is 2.04. The van der Waals surface area contributed by atoms with Crippen molar-refractivity contribution >= 4 is 0 Å². The molecule has 0 aromatic rings. The summed E-state index contributed by atoms with van der Waals surface area (Å²) in [6, 6.07) is 1.25. The Morgan fingerprint density at radius 1 is 1.23 bits per heavy atom. The van der Waals surface area contributed by atoms with Crippen LogP contribution in [0.5, 0.6) is 0 Å². The van der Waals surface area contributed by atoms with Gasteiger partial charge in [-0.3, -0.25) is 0 Å². The largest absolute Gasteiger partial charge is 0.381 e. The Hall–Kier alpha value is -0.0800. The van der Waals surface area contributed by atoms with Crippen molar-refractivity contribution in [1.82, 2.24) is 5.32 Å². The van der Waals surface area contributed by atoms with Gasteiger partial charge in [0.2, 0.25) is 0 Å². The van der Waals surface area contributed by atoms with Crippen LogP contribution in [0.15, 0.2) is 0 Å². The molecule has 0 aromatic carbocycles. The zero-order valence-corrected chi connectivity index (χ0v) is 9.39. The van der Waals surface area contributed by atoms with E-state index < -0.39 is 0 Å². The Kier molecular flexibility index (Phi) is 3.74. The molecule has 13 heavy (non-hydrogen) atoms. The minimum absolute atomic E-state index is 0.359. The lowest BCUT2D eigenvalue weighted by Gasteiger charge is -2.33. The van der Waals surface area contributed by atoms with Gasteiger partial charge in [0.25, 0.3) is 0 Å². The summed E-state index contributed by atoms with van der Waals surface area (Å²) < 4.78 is 5.33. The molecule has 0 radical (unpaired) electrons. The highest BCUT2D eigenvalue weighted by Gasteiger charge is 2.23. The summed E-state index contributed by atoms with van der Waals surface area (Å²) in [7, 11) is 0. The predicted molar refractivity (Wildman–Crippen MR) is 55.9 cm³/mol. The van der Waals surface area contributed by atoms with Crippen LogP contribution in [0.3, 0.4) is 0 Å². The topological polar surface area (TPSA) is 21.3 Å². The molecular formula is C11H23NO. The molecule has 1 heterocycles. The predicted octanol–water partition coefficient (Wildman–Crippen LogP) is 2.19. The minimum Gasteiger partial charge on any atom is -0.381 e. The van der Waals surface area contributed by atoms with Crippen LogP contribution >= 0.6 is 0 Å². The molecule has 1 atom stereocenters. The van der Waals surface area contributed by atoms with Gasteiger partial charge < -0.3 is 10.1 Å². The van der Waals surface area contributed by atoms with E-state index in [0.717, 1.165) is 13.2 Å². The maximum atomic E-state index is 5.33. The van der Waals surface area contributed by atoms with Gasteiger partial charge in [0.1, 0.15) is 0 Å². The van der Waals surface area contributed by atoms with Crippen LogP contribution in [0, 0.1) is 5.41 Å². The third-order valence-corrected chi connectivity index (χ3v) is 3.01. The molecular weight excluding hydrogens is 162 g/mol. The van der Waals surface area contributed by atoms with Crippen LogP contribution in [-0.4, -0.2) is 25.3 Å². The molecule has 78 valence electrons. The zero-order valence-electron chi connectivity index (χ0n) is 9.39. The van der Waals surface area contributed by atoms with Crippen LogP contribution in [-0.2, 0) is 4.74 Å². The van der Waals surface area contributed by atoms with Crippen molar-refractivity contribution in [2.45, 2.75) is 52.6 Å². The standard InChI is InChI=1S/C11H23NO/c1-9(11(2,3)4)12-10-5-7-13-8-6-10/h9-10,12H,5-8H2,1-4H3. The average molecular weight is 185 g/mol. The maximum absolute atomic E-state index is 5.33. The highest BCUT2D eigenvalue weighted by molar-refractivity contribution is 4.81. The number of hydrogen-bond acceptors (Lipinski definition) is 2. The molecule has 1 N–H and O–H groups in total. The van der Waals surface area contributed by atoms with Gasteiger partial charge >= 0.3 is 0 Å². The number of nitrogens with one attached hydrogen (secondary N) is 1. The highest BCUT2D eigenvalue weighted by atomic mass is 16.5. The van der Waals surface area contributed by atoms with Gasteiger partial charge in [0, 0.05) is 25.3 Å². The van der Waals surface area contributed by atoms with Gasteiger partial charge in [-0.15, -0.1) is 0 Å². The van der Waals surface area contributed by atoms with Crippen LogP contribution in [0.2, 0.25) is 0 Å². The van der Waals surface area contributed by atoms with Gasteiger partial charge in [-0.1, -0.05) is 20.8 Å². The Labute approximate surface area is 82.0 Å². The molecule has 2 heteroatoms. The van der Waals surface area contributed by atoms with Crippen LogP contribution in [0.4, 0.5) is 0 Å². The summed E-state index contributed by atoms with van der Waals surface area (Å²) in [5, 5.41) is 3.68. The van der Waals surface area contributed by atoms with Crippen LogP contribution < -0.4 is 5.32 Å². The summed E-state index contributed by atoms with van der Waals surface area (Å²) in [6.07, 6.45) is 2.33. The normalized spacial score (nSPS) is 23.1. The van der Waals surface area contributed by atoms with Crippen LogP contribution in [0.25, 0.3) is 0 Å². The van der Waals surface area contributed by atoms with Crippen LogP contribution in [0.1, 0.15) is 40.5 Å². The Balaban J connectivity index is 2.30. The molecule has 0 aliphatic carbocycles. The van der Waals surface area contributed by atoms with Gasteiger partial charge in [0.05, 0.1) is 0 Å². The molecule has 1 rings (SSSR count). The minimum atomic E-state index is 0.359. The second-order valence-corrected chi connectivity index (χ2v) is 5.14. The van der Waals surface area contributed by atoms with E-state index in [1.807, 2.05) is 0 Å². The first-order chi connectivity index (χ1) is 6.00. The first kappa shape index (κ1) is 11.0. The lowest BCUT2D eigenvalue weighted by Crippen LogP contribution is -2.46. The molecule has 0 amide bonds. The van der Waals surface area contributed by atoms with Crippen molar-refractivity contribution in [2.24, 2.45) is 5.41 Å². The van der Waals surface area contributed by atoms with Gasteiger partial charge in [-0.05, 0) is 25.2 Å². The lowest BCUT2D eigenvalue weighted by atomic mass is 9.87. The monoisotopic (exact) mass is 185 g/mol. The Bertz CT molecular complexity index is 145. The number of hydrogen-bond donors (Lipinski definition) is 1. The van der Waals surface area contributed by atoms with Crippen molar-refractivity contribution in [3.05, 3.63) is 0 Å². The second-order valence-electron chi connectivity index (χ2n) is 5.14. The fraction of sp³-hybridized carbons (Fsp3) is 1.00. The molecule has 1 aliphatic heterocycles. The zero-order chi connectivity index (χ0) is 9.90. The van der Waals surface area contributed by atoms with Gasteiger partial charge in [0.15, 0.2) is 0 Å². The van der Waals surface area contributed by atoms with Crippen molar-refractivity contribution in [2.75, 3.05) is 13.2 Å². The van der Waals surface area contributed by atoms with Crippen molar-refractivity contribution in [1.29, 1.82) is 0 Å². The summed E-state index contributed by atoms with van der Waals surface area (Å²) in [6.45, 7) is 11.0. The van der Waals surface area contributed by atoms with Crippen molar-refractivity contribution in [3.63, 3.8) is 0 Å². The van der Waals surface area contributed by atoms with E-state index in [9.17, 15) is 0 Å². The van der Waals surface area contributed by atoms with E-state index in [0.29, 0.717) is 17.5 Å². The Morgan fingerprint density at radius 2 is 1.77 bits per heavy atom. The molecule has 1 aliphatic rings. The maximum Gasteiger partial charge on any atom is 0.0480 e. The molecule has 2 nitrogen and oxygen atoms in total. The lowest BCUT2D eigenvalue weighted by molar-refractivity contribution is 0.0702. The van der Waals surface area contributed by atoms with E-state index >= 15 is 0 Å². The van der Waals surface area contributed by atoms with E-state index in [2.05, 4.69) is 33.0 Å². The van der Waals surface area contributed by atoms with E-state index in [1.165, 1.54) is 12.8 Å². The van der Waals surface area contributed by atoms with Gasteiger partial charge in [-0.2, -0.15) is 0 Å². The first-order valence-corrected chi connectivity index (χ1v) is 5.34. The summed E-state index contributed by atoms with van der Waals surface area (Å²) >= 11 is 0. The summed E-state index contributed by atoms with van der Waals surface area (Å²) in [4.78, 5) is 0. The third kappa shape index (κ3) is 3.65. The third-order valence-electron chi connectivity index (χ3n) is 3.01. The molecule has 1 unspecified atom stereocenters. The SMILES string of the molecule is CC(NC1CCOCC1)C(C)(C)C. The fourth-order valence-electron chi connectivity index (χ4n) is 1.47. The number of ether oxygens (including phenoxy) is 1. The molecule has 0 saturated carbocycles. The second kappa shape index (κ2) is 4.43. The molecule has 1 saturated heterocycles. The smallest absolute Gasteiger partial charge is 0.0480 e. The summed E-state index contributed by atoms with van der Waals surface area (Å²) in [5.41, 5.74) is 0.359. The molecule has 0 bridgehead atoms. The fourth-order valence-corrected chi connectivity index (χ4v) is 1.47. The van der Waals surface area contributed by atoms with Crippen molar-refractivity contribution in [3.8, 4) is 0 Å². The molecule has 0 spiro atoms. The number of rotatable bonds is 2.